The van der Waals surface area contributed by atoms with Crippen LogP contribution in [0.2, 0.25) is 0 Å². The predicted octanol–water partition coefficient (Wildman–Crippen LogP) is 2.40. The lowest BCUT2D eigenvalue weighted by Crippen LogP contribution is -2.27. The summed E-state index contributed by atoms with van der Waals surface area (Å²) in [5.41, 5.74) is 1.30. The molecular formula is C14H18BrNO3. The quantitative estimate of drug-likeness (QED) is 0.776. The van der Waals surface area contributed by atoms with Crippen LogP contribution in [0.4, 0.5) is 0 Å². The number of carbonyl (C=O) groups is 1. The van der Waals surface area contributed by atoms with E-state index in [0.29, 0.717) is 12.5 Å². The van der Waals surface area contributed by atoms with Gasteiger partial charge in [-0.05, 0) is 36.5 Å². The fourth-order valence-electron chi connectivity index (χ4n) is 2.47. The number of nitrogens with one attached hydrogen (secondary N) is 1. The van der Waals surface area contributed by atoms with Gasteiger partial charge in [-0.1, -0.05) is 28.4 Å². The van der Waals surface area contributed by atoms with Crippen molar-refractivity contribution in [2.45, 2.75) is 31.9 Å². The molecule has 104 valence electrons. The van der Waals surface area contributed by atoms with Gasteiger partial charge in [0.25, 0.3) is 0 Å². The van der Waals surface area contributed by atoms with Gasteiger partial charge in [-0.15, -0.1) is 0 Å². The summed E-state index contributed by atoms with van der Waals surface area (Å²) >= 11 is 3.39. The third-order valence-electron chi connectivity index (χ3n) is 3.64. The van der Waals surface area contributed by atoms with Crippen molar-refractivity contribution in [2.75, 3.05) is 6.54 Å². The van der Waals surface area contributed by atoms with Crippen LogP contribution in [0, 0.1) is 5.92 Å². The standard InChI is InChI=1S/C14H18BrNO3/c15-12-6-9(14(18)19)4-5-10(12)7-16-8-11-2-1-3-13(11)17/h4-6,11,13,16-17H,1-3,7-8H2,(H,18,19). The average molecular weight is 328 g/mol. The molecule has 0 amide bonds. The molecule has 1 aliphatic rings. The zero-order valence-corrected chi connectivity index (χ0v) is 12.2. The molecule has 3 N–H and O–H groups in total. The van der Waals surface area contributed by atoms with E-state index in [2.05, 4.69) is 21.2 Å². The molecule has 1 aliphatic carbocycles. The molecule has 0 spiro atoms. The Bertz CT molecular complexity index is 464. The minimum atomic E-state index is -0.922. The summed E-state index contributed by atoms with van der Waals surface area (Å²) in [4.78, 5) is 10.8. The molecule has 0 radical (unpaired) electrons. The monoisotopic (exact) mass is 327 g/mol. The Kier molecular flexibility index (Phi) is 4.96. The smallest absolute Gasteiger partial charge is 0.335 e. The summed E-state index contributed by atoms with van der Waals surface area (Å²) in [6.07, 6.45) is 2.91. The van der Waals surface area contributed by atoms with E-state index in [1.807, 2.05) is 6.07 Å². The number of halogens is 1. The van der Waals surface area contributed by atoms with Crippen molar-refractivity contribution in [2.24, 2.45) is 5.92 Å². The van der Waals surface area contributed by atoms with Gasteiger partial charge in [0, 0.05) is 17.6 Å². The molecule has 5 heteroatoms. The summed E-state index contributed by atoms with van der Waals surface area (Å²) in [5.74, 6) is -0.577. The van der Waals surface area contributed by atoms with Crippen molar-refractivity contribution in [3.05, 3.63) is 33.8 Å². The molecule has 0 saturated heterocycles. The lowest BCUT2D eigenvalue weighted by atomic mass is 10.1. The van der Waals surface area contributed by atoms with Crippen molar-refractivity contribution >= 4 is 21.9 Å². The second-order valence-corrected chi connectivity index (χ2v) is 5.85. The molecule has 19 heavy (non-hydrogen) atoms. The molecule has 2 rings (SSSR count). The Morgan fingerprint density at radius 1 is 1.42 bits per heavy atom. The molecule has 0 aromatic heterocycles. The number of hydrogen-bond donors (Lipinski definition) is 3. The molecule has 2 unspecified atom stereocenters. The van der Waals surface area contributed by atoms with E-state index in [9.17, 15) is 9.90 Å². The molecule has 0 heterocycles. The van der Waals surface area contributed by atoms with Crippen LogP contribution in [-0.4, -0.2) is 28.8 Å². The summed E-state index contributed by atoms with van der Waals surface area (Å²) in [5, 5.41) is 21.9. The van der Waals surface area contributed by atoms with Gasteiger partial charge in [0.1, 0.15) is 0 Å². The van der Waals surface area contributed by atoms with Gasteiger partial charge in [0.2, 0.25) is 0 Å². The summed E-state index contributed by atoms with van der Waals surface area (Å²) in [6, 6.07) is 5.03. The van der Waals surface area contributed by atoms with Crippen LogP contribution in [0.1, 0.15) is 35.2 Å². The van der Waals surface area contributed by atoms with Gasteiger partial charge in [-0.3, -0.25) is 0 Å². The second-order valence-electron chi connectivity index (χ2n) is 5.00. The highest BCUT2D eigenvalue weighted by molar-refractivity contribution is 9.10. The maximum absolute atomic E-state index is 10.8. The first-order chi connectivity index (χ1) is 9.08. The third-order valence-corrected chi connectivity index (χ3v) is 4.38. The van der Waals surface area contributed by atoms with E-state index in [0.717, 1.165) is 35.8 Å². The molecular weight excluding hydrogens is 310 g/mol. The first kappa shape index (κ1) is 14.5. The molecule has 1 saturated carbocycles. The highest BCUT2D eigenvalue weighted by Gasteiger charge is 2.24. The molecule has 4 nitrogen and oxygen atoms in total. The first-order valence-electron chi connectivity index (χ1n) is 6.48. The molecule has 2 atom stereocenters. The number of aliphatic hydroxyl groups is 1. The Hall–Kier alpha value is -0.910. The molecule has 0 bridgehead atoms. The normalized spacial score (nSPS) is 22.6. The van der Waals surface area contributed by atoms with E-state index < -0.39 is 5.97 Å². The van der Waals surface area contributed by atoms with E-state index >= 15 is 0 Å². The van der Waals surface area contributed by atoms with Crippen molar-refractivity contribution < 1.29 is 15.0 Å². The topological polar surface area (TPSA) is 69.6 Å². The summed E-state index contributed by atoms with van der Waals surface area (Å²) < 4.78 is 0.798. The molecule has 1 aromatic rings. The second kappa shape index (κ2) is 6.50. The van der Waals surface area contributed by atoms with E-state index in [1.54, 1.807) is 12.1 Å². The van der Waals surface area contributed by atoms with Crippen molar-refractivity contribution in [3.8, 4) is 0 Å². The van der Waals surface area contributed by atoms with E-state index in [4.69, 9.17) is 5.11 Å². The van der Waals surface area contributed by atoms with Gasteiger partial charge >= 0.3 is 5.97 Å². The minimum absolute atomic E-state index is 0.176. The van der Waals surface area contributed by atoms with Crippen LogP contribution in [0.25, 0.3) is 0 Å². The Morgan fingerprint density at radius 3 is 2.79 bits per heavy atom. The van der Waals surface area contributed by atoms with Crippen LogP contribution in [0.15, 0.2) is 22.7 Å². The predicted molar refractivity (Wildman–Crippen MR) is 76.2 cm³/mol. The number of rotatable bonds is 5. The van der Waals surface area contributed by atoms with Crippen LogP contribution < -0.4 is 5.32 Å². The van der Waals surface area contributed by atoms with Crippen molar-refractivity contribution in [3.63, 3.8) is 0 Å². The molecule has 1 fully saturated rings. The zero-order valence-electron chi connectivity index (χ0n) is 10.6. The minimum Gasteiger partial charge on any atom is -0.478 e. The van der Waals surface area contributed by atoms with Crippen molar-refractivity contribution in [1.82, 2.24) is 5.32 Å². The van der Waals surface area contributed by atoms with Crippen LogP contribution in [0.5, 0.6) is 0 Å². The number of carboxylic acids is 1. The maximum atomic E-state index is 10.8. The van der Waals surface area contributed by atoms with Gasteiger partial charge in [-0.25, -0.2) is 4.79 Å². The summed E-state index contributed by atoms with van der Waals surface area (Å²) in [7, 11) is 0. The highest BCUT2D eigenvalue weighted by Crippen LogP contribution is 2.25. The van der Waals surface area contributed by atoms with Gasteiger partial charge in [0.15, 0.2) is 0 Å². The fraction of sp³-hybridized carbons (Fsp3) is 0.500. The molecule has 1 aromatic carbocycles. The Morgan fingerprint density at radius 2 is 2.21 bits per heavy atom. The van der Waals surface area contributed by atoms with Crippen LogP contribution in [-0.2, 0) is 6.54 Å². The Labute approximate surface area is 121 Å². The van der Waals surface area contributed by atoms with E-state index in [-0.39, 0.29) is 11.7 Å². The van der Waals surface area contributed by atoms with Crippen LogP contribution >= 0.6 is 15.9 Å². The third kappa shape index (κ3) is 3.78. The fourth-order valence-corrected chi connectivity index (χ4v) is 2.99. The highest BCUT2D eigenvalue weighted by atomic mass is 79.9. The lowest BCUT2D eigenvalue weighted by Gasteiger charge is -2.15. The van der Waals surface area contributed by atoms with Gasteiger partial charge in [0.05, 0.1) is 11.7 Å². The summed E-state index contributed by atoms with van der Waals surface area (Å²) in [6.45, 7) is 1.47. The number of aliphatic hydroxyl groups excluding tert-OH is 1. The number of carboxylic acid groups (broad SMARTS) is 1. The van der Waals surface area contributed by atoms with Gasteiger partial charge in [-0.2, -0.15) is 0 Å². The maximum Gasteiger partial charge on any atom is 0.335 e. The SMILES string of the molecule is O=C(O)c1ccc(CNCC2CCCC2O)c(Br)c1. The number of benzene rings is 1. The van der Waals surface area contributed by atoms with E-state index in [1.165, 1.54) is 0 Å². The first-order valence-corrected chi connectivity index (χ1v) is 7.27. The number of aromatic carboxylic acids is 1. The number of hydrogen-bond acceptors (Lipinski definition) is 3. The Balaban J connectivity index is 1.87. The molecule has 0 aliphatic heterocycles. The van der Waals surface area contributed by atoms with Crippen molar-refractivity contribution in [1.29, 1.82) is 0 Å². The largest absolute Gasteiger partial charge is 0.478 e. The van der Waals surface area contributed by atoms with Gasteiger partial charge < -0.3 is 15.5 Å². The zero-order chi connectivity index (χ0) is 13.8. The van der Waals surface area contributed by atoms with Crippen LogP contribution in [0.3, 0.4) is 0 Å². The lowest BCUT2D eigenvalue weighted by molar-refractivity contribution is 0.0696. The average Bonchev–Trinajstić information content (AvgIpc) is 2.77.